The fourth-order valence-electron chi connectivity index (χ4n) is 2.03. The van der Waals surface area contributed by atoms with E-state index in [0.29, 0.717) is 23.0 Å². The summed E-state index contributed by atoms with van der Waals surface area (Å²) in [7, 11) is 0. The fraction of sp³-hybridized carbons (Fsp3) is 0.0526. The van der Waals surface area contributed by atoms with Gasteiger partial charge in [-0.2, -0.15) is 5.10 Å². The normalized spacial score (nSPS) is 10.8. The Bertz CT molecular complexity index is 841. The molecule has 1 N–H and O–H groups in total. The van der Waals surface area contributed by atoms with Crippen molar-refractivity contribution in [2.45, 2.75) is 6.61 Å². The lowest BCUT2D eigenvalue weighted by Crippen LogP contribution is -2.17. The molecule has 0 aliphatic carbocycles. The lowest BCUT2D eigenvalue weighted by atomic mass is 10.1. The van der Waals surface area contributed by atoms with Crippen molar-refractivity contribution in [1.82, 2.24) is 5.43 Å². The van der Waals surface area contributed by atoms with Gasteiger partial charge >= 0.3 is 0 Å². The summed E-state index contributed by atoms with van der Waals surface area (Å²) in [6.45, 7) is 0.403. The van der Waals surface area contributed by atoms with Gasteiger partial charge in [-0.25, -0.2) is 5.43 Å². The standard InChI is InChI=1S/C19H15ClN2O3/c20-16-7-9-17(10-8-16)25-13-14-3-5-15(6-4-14)19(23)22-21-12-18-2-1-11-24-18/h1-12H,13H2,(H,22,23)/b21-12+. The zero-order valence-corrected chi connectivity index (χ0v) is 13.9. The molecule has 25 heavy (non-hydrogen) atoms. The summed E-state index contributed by atoms with van der Waals surface area (Å²) in [6.07, 6.45) is 2.97. The van der Waals surface area contributed by atoms with Gasteiger partial charge in [-0.05, 0) is 54.1 Å². The predicted octanol–water partition coefficient (Wildman–Crippen LogP) is 4.28. The highest BCUT2D eigenvalue weighted by atomic mass is 35.5. The number of nitrogens with zero attached hydrogens (tertiary/aromatic N) is 1. The second kappa shape index (κ2) is 8.17. The first-order chi connectivity index (χ1) is 12.2. The lowest BCUT2D eigenvalue weighted by Gasteiger charge is -2.07. The van der Waals surface area contributed by atoms with Crippen molar-refractivity contribution in [3.63, 3.8) is 0 Å². The molecule has 0 bridgehead atoms. The third-order valence-electron chi connectivity index (χ3n) is 3.34. The van der Waals surface area contributed by atoms with Crippen LogP contribution in [0.3, 0.4) is 0 Å². The Hall–Kier alpha value is -3.05. The Morgan fingerprint density at radius 1 is 1.12 bits per heavy atom. The maximum absolute atomic E-state index is 12.0. The average Bonchev–Trinajstić information content (AvgIpc) is 3.15. The van der Waals surface area contributed by atoms with Crippen LogP contribution in [-0.2, 0) is 6.61 Å². The third kappa shape index (κ3) is 4.96. The number of hydrogen-bond acceptors (Lipinski definition) is 4. The van der Waals surface area contributed by atoms with Crippen LogP contribution in [-0.4, -0.2) is 12.1 Å². The maximum Gasteiger partial charge on any atom is 0.271 e. The number of carbonyl (C=O) groups excluding carboxylic acids is 1. The van der Waals surface area contributed by atoms with Crippen LogP contribution in [0.5, 0.6) is 5.75 Å². The van der Waals surface area contributed by atoms with E-state index in [-0.39, 0.29) is 5.91 Å². The number of nitrogens with one attached hydrogen (secondary N) is 1. The number of hydrazone groups is 1. The molecule has 3 aromatic rings. The molecule has 0 radical (unpaired) electrons. The summed E-state index contributed by atoms with van der Waals surface area (Å²) in [5.74, 6) is 1.00. The van der Waals surface area contributed by atoms with Gasteiger partial charge in [0.25, 0.3) is 5.91 Å². The number of carbonyl (C=O) groups is 1. The van der Waals surface area contributed by atoms with Gasteiger partial charge in [0, 0.05) is 10.6 Å². The Morgan fingerprint density at radius 3 is 2.56 bits per heavy atom. The second-order valence-corrected chi connectivity index (χ2v) is 5.59. The Morgan fingerprint density at radius 2 is 1.88 bits per heavy atom. The van der Waals surface area contributed by atoms with Gasteiger partial charge in [-0.3, -0.25) is 4.79 Å². The van der Waals surface area contributed by atoms with Gasteiger partial charge in [0.2, 0.25) is 0 Å². The number of furan rings is 1. The molecule has 1 amide bonds. The summed E-state index contributed by atoms with van der Waals surface area (Å²) in [5.41, 5.74) is 3.90. The summed E-state index contributed by atoms with van der Waals surface area (Å²) in [6, 6.07) is 17.8. The molecule has 126 valence electrons. The average molecular weight is 355 g/mol. The molecule has 5 nitrogen and oxygen atoms in total. The van der Waals surface area contributed by atoms with E-state index in [0.717, 1.165) is 11.3 Å². The molecule has 1 aromatic heterocycles. The molecule has 0 saturated heterocycles. The quantitative estimate of drug-likeness (QED) is 0.531. The van der Waals surface area contributed by atoms with Crippen LogP contribution < -0.4 is 10.2 Å². The lowest BCUT2D eigenvalue weighted by molar-refractivity contribution is 0.0955. The van der Waals surface area contributed by atoms with Gasteiger partial charge in [0.15, 0.2) is 0 Å². The summed E-state index contributed by atoms with van der Waals surface area (Å²) in [5, 5.41) is 4.51. The van der Waals surface area contributed by atoms with E-state index in [1.165, 1.54) is 12.5 Å². The highest BCUT2D eigenvalue weighted by Gasteiger charge is 2.04. The summed E-state index contributed by atoms with van der Waals surface area (Å²) in [4.78, 5) is 12.0. The van der Waals surface area contributed by atoms with Gasteiger partial charge in [-0.1, -0.05) is 23.7 Å². The molecule has 0 aliphatic rings. The minimum atomic E-state index is -0.298. The van der Waals surface area contributed by atoms with Crippen molar-refractivity contribution in [3.8, 4) is 5.75 Å². The largest absolute Gasteiger partial charge is 0.489 e. The van der Waals surface area contributed by atoms with Crippen LogP contribution in [0.25, 0.3) is 0 Å². The summed E-state index contributed by atoms with van der Waals surface area (Å²) >= 11 is 5.83. The SMILES string of the molecule is O=C(N/N=C/c1ccco1)c1ccc(COc2ccc(Cl)cc2)cc1. The van der Waals surface area contributed by atoms with E-state index in [4.69, 9.17) is 20.8 Å². The zero-order chi connectivity index (χ0) is 17.5. The molecule has 0 atom stereocenters. The highest BCUT2D eigenvalue weighted by molar-refractivity contribution is 6.30. The summed E-state index contributed by atoms with van der Waals surface area (Å²) < 4.78 is 10.7. The van der Waals surface area contributed by atoms with E-state index >= 15 is 0 Å². The minimum absolute atomic E-state index is 0.298. The third-order valence-corrected chi connectivity index (χ3v) is 3.59. The molecule has 2 aromatic carbocycles. The van der Waals surface area contributed by atoms with Crippen LogP contribution in [0, 0.1) is 0 Å². The van der Waals surface area contributed by atoms with Gasteiger partial charge < -0.3 is 9.15 Å². The van der Waals surface area contributed by atoms with Crippen molar-refractivity contribution in [1.29, 1.82) is 0 Å². The first-order valence-corrected chi connectivity index (χ1v) is 7.93. The number of benzene rings is 2. The first-order valence-electron chi connectivity index (χ1n) is 7.55. The Kier molecular flexibility index (Phi) is 5.49. The molecular formula is C19H15ClN2O3. The second-order valence-electron chi connectivity index (χ2n) is 5.15. The molecule has 0 spiro atoms. The number of hydrogen-bond donors (Lipinski definition) is 1. The van der Waals surface area contributed by atoms with E-state index in [9.17, 15) is 4.79 Å². The fourth-order valence-corrected chi connectivity index (χ4v) is 2.16. The van der Waals surface area contributed by atoms with Crippen LogP contribution in [0.15, 0.2) is 76.4 Å². The number of rotatable bonds is 6. The number of ether oxygens (including phenoxy) is 1. The van der Waals surface area contributed by atoms with E-state index in [2.05, 4.69) is 10.5 Å². The van der Waals surface area contributed by atoms with Crippen LogP contribution >= 0.6 is 11.6 Å². The van der Waals surface area contributed by atoms with Gasteiger partial charge in [0.1, 0.15) is 18.1 Å². The maximum atomic E-state index is 12.0. The molecule has 0 unspecified atom stereocenters. The zero-order valence-electron chi connectivity index (χ0n) is 13.2. The Balaban J connectivity index is 1.52. The van der Waals surface area contributed by atoms with Crippen LogP contribution in [0.4, 0.5) is 0 Å². The van der Waals surface area contributed by atoms with E-state index in [1.807, 2.05) is 12.1 Å². The molecule has 3 rings (SSSR count). The molecule has 1 heterocycles. The van der Waals surface area contributed by atoms with Crippen molar-refractivity contribution >= 4 is 23.7 Å². The van der Waals surface area contributed by atoms with Crippen LogP contribution in [0.2, 0.25) is 5.02 Å². The monoisotopic (exact) mass is 354 g/mol. The molecule has 0 saturated carbocycles. The minimum Gasteiger partial charge on any atom is -0.489 e. The Labute approximate surface area is 149 Å². The molecule has 0 fully saturated rings. The first kappa shape index (κ1) is 16.8. The number of halogens is 1. The smallest absolute Gasteiger partial charge is 0.271 e. The van der Waals surface area contributed by atoms with E-state index in [1.54, 1.807) is 48.5 Å². The van der Waals surface area contributed by atoms with Crippen molar-refractivity contribution in [2.24, 2.45) is 5.10 Å². The highest BCUT2D eigenvalue weighted by Crippen LogP contribution is 2.17. The molecular weight excluding hydrogens is 340 g/mol. The molecule has 0 aliphatic heterocycles. The topological polar surface area (TPSA) is 63.8 Å². The van der Waals surface area contributed by atoms with Crippen molar-refractivity contribution in [3.05, 3.63) is 88.8 Å². The number of amides is 1. The predicted molar refractivity (Wildman–Crippen MR) is 96.0 cm³/mol. The van der Waals surface area contributed by atoms with E-state index < -0.39 is 0 Å². The van der Waals surface area contributed by atoms with Crippen molar-refractivity contribution in [2.75, 3.05) is 0 Å². The van der Waals surface area contributed by atoms with Gasteiger partial charge in [-0.15, -0.1) is 0 Å². The van der Waals surface area contributed by atoms with Gasteiger partial charge in [0.05, 0.1) is 12.5 Å². The van der Waals surface area contributed by atoms with Crippen LogP contribution in [0.1, 0.15) is 21.7 Å². The van der Waals surface area contributed by atoms with Crippen molar-refractivity contribution < 1.29 is 13.9 Å². The molecule has 6 heteroatoms.